The topological polar surface area (TPSA) is 75.6 Å². The van der Waals surface area contributed by atoms with Crippen LogP contribution in [0.4, 0.5) is 13.6 Å². The molecule has 0 unspecified atom stereocenters. The van der Waals surface area contributed by atoms with E-state index >= 15 is 0 Å². The highest BCUT2D eigenvalue weighted by Gasteiger charge is 2.23. The maximum atomic E-state index is 13.2. The minimum Gasteiger partial charge on any atom is -0.481 e. The van der Waals surface area contributed by atoms with Crippen LogP contribution in [0.5, 0.6) is 0 Å². The number of carboxylic acid groups (broad SMARTS) is 1. The first-order valence-corrected chi connectivity index (χ1v) is 6.25. The van der Waals surface area contributed by atoms with Crippen molar-refractivity contribution in [1.29, 1.82) is 0 Å². The first kappa shape index (κ1) is 16.9. The summed E-state index contributed by atoms with van der Waals surface area (Å²) >= 11 is 0. The number of alkyl carbamates (subject to hydrolysis) is 1. The molecule has 0 saturated carbocycles. The van der Waals surface area contributed by atoms with Crippen molar-refractivity contribution >= 4 is 12.1 Å². The van der Waals surface area contributed by atoms with Crippen molar-refractivity contribution < 1.29 is 28.2 Å². The van der Waals surface area contributed by atoms with E-state index in [4.69, 9.17) is 9.84 Å². The fourth-order valence-electron chi connectivity index (χ4n) is 1.61. The lowest BCUT2D eigenvalue weighted by Crippen LogP contribution is -2.35. The SMILES string of the molecule is CC(C)(C)OC(=O)N[C@H](CC(=O)O)c1ccc(F)c(F)c1. The number of ether oxygens (including phenoxy) is 1. The van der Waals surface area contributed by atoms with Crippen molar-refractivity contribution in [2.24, 2.45) is 0 Å². The molecule has 0 aromatic heterocycles. The first-order chi connectivity index (χ1) is 9.58. The number of carboxylic acids is 1. The van der Waals surface area contributed by atoms with E-state index in [1.165, 1.54) is 6.07 Å². The van der Waals surface area contributed by atoms with Crippen LogP contribution in [-0.2, 0) is 9.53 Å². The molecule has 0 radical (unpaired) electrons. The monoisotopic (exact) mass is 301 g/mol. The summed E-state index contributed by atoms with van der Waals surface area (Å²) in [6, 6.07) is 1.91. The Kier molecular flexibility index (Phi) is 5.23. The van der Waals surface area contributed by atoms with Crippen LogP contribution in [0.1, 0.15) is 38.8 Å². The smallest absolute Gasteiger partial charge is 0.408 e. The molecule has 1 aromatic rings. The van der Waals surface area contributed by atoms with Crippen LogP contribution >= 0.6 is 0 Å². The Labute approximate surface area is 120 Å². The number of nitrogens with one attached hydrogen (secondary N) is 1. The maximum absolute atomic E-state index is 13.2. The van der Waals surface area contributed by atoms with Crippen molar-refractivity contribution in [2.75, 3.05) is 0 Å². The fourth-order valence-corrected chi connectivity index (χ4v) is 1.61. The molecule has 5 nitrogen and oxygen atoms in total. The van der Waals surface area contributed by atoms with Gasteiger partial charge in [-0.15, -0.1) is 0 Å². The Morgan fingerprint density at radius 3 is 2.38 bits per heavy atom. The molecule has 1 atom stereocenters. The highest BCUT2D eigenvalue weighted by Crippen LogP contribution is 2.20. The number of carbonyl (C=O) groups is 2. The Bertz CT molecular complexity index is 540. The molecule has 116 valence electrons. The predicted molar refractivity (Wildman–Crippen MR) is 70.7 cm³/mol. The summed E-state index contributed by atoms with van der Waals surface area (Å²) in [6.07, 6.45) is -1.32. The van der Waals surface area contributed by atoms with Crippen molar-refractivity contribution in [2.45, 2.75) is 38.8 Å². The van der Waals surface area contributed by atoms with Crippen LogP contribution in [0.25, 0.3) is 0 Å². The molecular formula is C14H17F2NO4. The van der Waals surface area contributed by atoms with E-state index in [1.54, 1.807) is 20.8 Å². The van der Waals surface area contributed by atoms with Gasteiger partial charge in [0, 0.05) is 0 Å². The summed E-state index contributed by atoms with van der Waals surface area (Å²) in [5, 5.41) is 11.2. The number of hydrogen-bond acceptors (Lipinski definition) is 3. The average Bonchev–Trinajstić information content (AvgIpc) is 2.28. The van der Waals surface area contributed by atoms with Gasteiger partial charge in [0.25, 0.3) is 0 Å². The highest BCUT2D eigenvalue weighted by molar-refractivity contribution is 5.72. The van der Waals surface area contributed by atoms with Gasteiger partial charge in [-0.25, -0.2) is 13.6 Å². The van der Waals surface area contributed by atoms with Gasteiger partial charge in [0.05, 0.1) is 12.5 Å². The fraction of sp³-hybridized carbons (Fsp3) is 0.429. The molecule has 0 spiro atoms. The van der Waals surface area contributed by atoms with Crippen molar-refractivity contribution in [3.05, 3.63) is 35.4 Å². The summed E-state index contributed by atoms with van der Waals surface area (Å²) in [6.45, 7) is 4.95. The Morgan fingerprint density at radius 1 is 1.29 bits per heavy atom. The van der Waals surface area contributed by atoms with Crippen molar-refractivity contribution in [1.82, 2.24) is 5.32 Å². The second-order valence-electron chi connectivity index (χ2n) is 5.47. The van der Waals surface area contributed by atoms with E-state index < -0.39 is 41.8 Å². The summed E-state index contributed by atoms with van der Waals surface area (Å²) in [5.74, 6) is -3.36. The third-order valence-electron chi connectivity index (χ3n) is 2.42. The molecule has 2 N–H and O–H groups in total. The van der Waals surface area contributed by atoms with Gasteiger partial charge in [0.15, 0.2) is 11.6 Å². The molecule has 0 fully saturated rings. The zero-order valence-electron chi connectivity index (χ0n) is 11.9. The van der Waals surface area contributed by atoms with E-state index in [0.717, 1.165) is 12.1 Å². The highest BCUT2D eigenvalue weighted by atomic mass is 19.2. The van der Waals surface area contributed by atoms with Crippen molar-refractivity contribution in [3.8, 4) is 0 Å². The van der Waals surface area contributed by atoms with Gasteiger partial charge >= 0.3 is 12.1 Å². The van der Waals surface area contributed by atoms with Gasteiger partial charge in [-0.1, -0.05) is 6.07 Å². The lowest BCUT2D eigenvalue weighted by Gasteiger charge is -2.23. The normalized spacial score (nSPS) is 12.6. The number of hydrogen-bond donors (Lipinski definition) is 2. The molecule has 0 bridgehead atoms. The summed E-state index contributed by atoms with van der Waals surface area (Å²) in [5.41, 5.74) is -0.617. The standard InChI is InChI=1S/C14H17F2NO4/c1-14(2,3)21-13(20)17-11(7-12(18)19)8-4-5-9(15)10(16)6-8/h4-6,11H,7H2,1-3H3,(H,17,20)(H,18,19)/t11-/m1/s1. The van der Waals surface area contributed by atoms with Gasteiger partial charge in [-0.05, 0) is 38.5 Å². The van der Waals surface area contributed by atoms with Crippen LogP contribution in [0.3, 0.4) is 0 Å². The number of rotatable bonds is 4. The van der Waals surface area contributed by atoms with Crippen LogP contribution in [0.2, 0.25) is 0 Å². The van der Waals surface area contributed by atoms with Gasteiger partial charge in [-0.3, -0.25) is 4.79 Å². The minimum absolute atomic E-state index is 0.141. The summed E-state index contributed by atoms with van der Waals surface area (Å²) < 4.78 is 31.1. The quantitative estimate of drug-likeness (QED) is 0.896. The van der Waals surface area contributed by atoms with Gasteiger partial charge in [0.2, 0.25) is 0 Å². The number of benzene rings is 1. The number of aliphatic carboxylic acids is 1. The third kappa shape index (κ3) is 5.76. The predicted octanol–water partition coefficient (Wildman–Crippen LogP) is 3.01. The number of carbonyl (C=O) groups excluding carboxylic acids is 1. The maximum Gasteiger partial charge on any atom is 0.408 e. The molecule has 0 heterocycles. The molecule has 0 saturated heterocycles. The van der Waals surface area contributed by atoms with E-state index in [-0.39, 0.29) is 5.56 Å². The first-order valence-electron chi connectivity index (χ1n) is 6.25. The molecule has 0 aliphatic rings. The number of amides is 1. The van der Waals surface area contributed by atoms with E-state index in [9.17, 15) is 18.4 Å². The molecule has 1 aromatic carbocycles. The average molecular weight is 301 g/mol. The molecule has 21 heavy (non-hydrogen) atoms. The molecule has 1 rings (SSSR count). The van der Waals surface area contributed by atoms with E-state index in [2.05, 4.69) is 5.32 Å². The van der Waals surface area contributed by atoms with E-state index in [0.29, 0.717) is 0 Å². The summed E-state index contributed by atoms with van der Waals surface area (Å²) in [4.78, 5) is 22.5. The second kappa shape index (κ2) is 6.51. The molecule has 0 aliphatic heterocycles. The molecule has 7 heteroatoms. The van der Waals surface area contributed by atoms with Gasteiger partial charge < -0.3 is 15.2 Å². The molecular weight excluding hydrogens is 284 g/mol. The van der Waals surface area contributed by atoms with Crippen LogP contribution < -0.4 is 5.32 Å². The van der Waals surface area contributed by atoms with Crippen LogP contribution in [0.15, 0.2) is 18.2 Å². The largest absolute Gasteiger partial charge is 0.481 e. The Balaban J connectivity index is 2.92. The second-order valence-corrected chi connectivity index (χ2v) is 5.47. The Morgan fingerprint density at radius 2 is 1.90 bits per heavy atom. The van der Waals surface area contributed by atoms with Crippen LogP contribution in [-0.4, -0.2) is 22.8 Å². The third-order valence-corrected chi connectivity index (χ3v) is 2.42. The lowest BCUT2D eigenvalue weighted by molar-refractivity contribution is -0.137. The van der Waals surface area contributed by atoms with Gasteiger partial charge in [0.1, 0.15) is 5.60 Å². The lowest BCUT2D eigenvalue weighted by atomic mass is 10.0. The van der Waals surface area contributed by atoms with Crippen molar-refractivity contribution in [3.63, 3.8) is 0 Å². The van der Waals surface area contributed by atoms with Crippen LogP contribution in [0, 0.1) is 11.6 Å². The van der Waals surface area contributed by atoms with Gasteiger partial charge in [-0.2, -0.15) is 0 Å². The zero-order valence-corrected chi connectivity index (χ0v) is 11.9. The minimum atomic E-state index is -1.19. The molecule has 1 amide bonds. The zero-order chi connectivity index (χ0) is 16.2. The van der Waals surface area contributed by atoms with E-state index in [1.807, 2.05) is 0 Å². The molecule has 0 aliphatic carbocycles. The Hall–Kier alpha value is -2.18. The number of halogens is 2. The summed E-state index contributed by atoms with van der Waals surface area (Å²) in [7, 11) is 0.